The molecule has 0 unspecified atom stereocenters. The lowest BCUT2D eigenvalue weighted by molar-refractivity contribution is 0.0952. The number of fused-ring (bicyclic) bond motifs is 1. The van der Waals surface area contributed by atoms with Crippen LogP contribution in [0.5, 0.6) is 0 Å². The first-order valence-electron chi connectivity index (χ1n) is 7.95. The second-order valence-electron chi connectivity index (χ2n) is 5.86. The van der Waals surface area contributed by atoms with Crippen LogP contribution in [0.1, 0.15) is 15.9 Å². The van der Waals surface area contributed by atoms with E-state index in [2.05, 4.69) is 20.5 Å². The van der Waals surface area contributed by atoms with Crippen molar-refractivity contribution >= 4 is 16.8 Å². The van der Waals surface area contributed by atoms with Crippen molar-refractivity contribution in [3.05, 3.63) is 72.2 Å². The molecule has 8 heteroatoms. The van der Waals surface area contributed by atoms with Crippen LogP contribution in [-0.4, -0.2) is 30.5 Å². The molecule has 26 heavy (non-hydrogen) atoms. The van der Waals surface area contributed by atoms with Gasteiger partial charge in [0, 0.05) is 36.9 Å². The number of halogens is 1. The molecule has 3 aromatic heterocycles. The van der Waals surface area contributed by atoms with Crippen molar-refractivity contribution < 1.29 is 9.18 Å². The molecular weight excluding hydrogens is 335 g/mol. The van der Waals surface area contributed by atoms with Gasteiger partial charge in [-0.05, 0) is 24.3 Å². The lowest BCUT2D eigenvalue weighted by Crippen LogP contribution is -2.23. The summed E-state index contributed by atoms with van der Waals surface area (Å²) in [7, 11) is 1.82. The van der Waals surface area contributed by atoms with Gasteiger partial charge in [0.2, 0.25) is 0 Å². The highest BCUT2D eigenvalue weighted by Crippen LogP contribution is 2.21. The number of amides is 1. The van der Waals surface area contributed by atoms with Crippen molar-refractivity contribution in [2.24, 2.45) is 7.05 Å². The first kappa shape index (κ1) is 15.9. The number of carbonyl (C=O) groups excluding carboxylic acids is 1. The van der Waals surface area contributed by atoms with E-state index in [-0.39, 0.29) is 11.7 Å². The highest BCUT2D eigenvalue weighted by Gasteiger charge is 2.15. The Morgan fingerprint density at radius 2 is 1.92 bits per heavy atom. The number of pyridine rings is 1. The third kappa shape index (κ3) is 2.92. The van der Waals surface area contributed by atoms with Crippen LogP contribution in [0.2, 0.25) is 0 Å². The lowest BCUT2D eigenvalue weighted by Gasteiger charge is -2.06. The van der Waals surface area contributed by atoms with Gasteiger partial charge in [-0.3, -0.25) is 14.5 Å². The Morgan fingerprint density at radius 3 is 2.65 bits per heavy atom. The van der Waals surface area contributed by atoms with E-state index >= 15 is 0 Å². The summed E-state index contributed by atoms with van der Waals surface area (Å²) in [4.78, 5) is 16.7. The fourth-order valence-electron chi connectivity index (χ4n) is 2.75. The Bertz CT molecular complexity index is 1080. The summed E-state index contributed by atoms with van der Waals surface area (Å²) < 4.78 is 16.4. The minimum Gasteiger partial charge on any atom is -0.348 e. The monoisotopic (exact) mass is 350 g/mol. The standard InChI is InChI=1S/C18H15FN6O/c1-24-11-12(7-22-24)6-21-18(26)16-8-20-10-17-15(16)9-23-25(17)14-4-2-13(19)3-5-14/h2-5,7-11H,6H2,1H3,(H,21,26). The fourth-order valence-corrected chi connectivity index (χ4v) is 2.75. The number of nitrogens with one attached hydrogen (secondary N) is 1. The normalized spacial score (nSPS) is 11.0. The van der Waals surface area contributed by atoms with Crippen LogP contribution in [0.25, 0.3) is 16.6 Å². The molecule has 4 rings (SSSR count). The molecule has 0 saturated heterocycles. The van der Waals surface area contributed by atoms with E-state index in [1.807, 2.05) is 13.2 Å². The molecule has 1 aromatic carbocycles. The summed E-state index contributed by atoms with van der Waals surface area (Å²) >= 11 is 0. The third-order valence-corrected chi connectivity index (χ3v) is 4.02. The van der Waals surface area contributed by atoms with E-state index in [4.69, 9.17) is 0 Å². The van der Waals surface area contributed by atoms with E-state index < -0.39 is 0 Å². The Kier molecular flexibility index (Phi) is 3.92. The predicted molar refractivity (Wildman–Crippen MR) is 93.2 cm³/mol. The zero-order valence-electron chi connectivity index (χ0n) is 13.9. The number of rotatable bonds is 4. The van der Waals surface area contributed by atoms with Gasteiger partial charge in [-0.2, -0.15) is 10.2 Å². The van der Waals surface area contributed by atoms with Gasteiger partial charge in [0.05, 0.1) is 35.4 Å². The van der Waals surface area contributed by atoms with E-state index in [9.17, 15) is 9.18 Å². The van der Waals surface area contributed by atoms with Crippen LogP contribution in [0.3, 0.4) is 0 Å². The molecule has 1 N–H and O–H groups in total. The fraction of sp³-hybridized carbons (Fsp3) is 0.111. The summed E-state index contributed by atoms with van der Waals surface area (Å²) in [5, 5.41) is 11.9. The van der Waals surface area contributed by atoms with Gasteiger partial charge in [-0.25, -0.2) is 9.07 Å². The zero-order chi connectivity index (χ0) is 18.1. The molecule has 7 nitrogen and oxygen atoms in total. The molecule has 0 aliphatic heterocycles. The van der Waals surface area contributed by atoms with Crippen LogP contribution in [-0.2, 0) is 13.6 Å². The number of hydrogen-bond donors (Lipinski definition) is 1. The summed E-state index contributed by atoms with van der Waals surface area (Å²) in [5.41, 5.74) is 2.70. The van der Waals surface area contributed by atoms with Crippen molar-refractivity contribution in [1.29, 1.82) is 0 Å². The van der Waals surface area contributed by atoms with Gasteiger partial charge in [-0.1, -0.05) is 0 Å². The summed E-state index contributed by atoms with van der Waals surface area (Å²) in [6, 6.07) is 5.97. The Morgan fingerprint density at radius 1 is 1.12 bits per heavy atom. The maximum absolute atomic E-state index is 13.1. The first-order valence-corrected chi connectivity index (χ1v) is 7.95. The largest absolute Gasteiger partial charge is 0.348 e. The molecule has 3 heterocycles. The predicted octanol–water partition coefficient (Wildman–Crippen LogP) is 2.22. The molecule has 1 amide bonds. The van der Waals surface area contributed by atoms with Crippen LogP contribution >= 0.6 is 0 Å². The molecule has 0 aliphatic carbocycles. The quantitative estimate of drug-likeness (QED) is 0.612. The minimum atomic E-state index is -0.321. The molecular formula is C18H15FN6O. The van der Waals surface area contributed by atoms with Crippen molar-refractivity contribution in [3.8, 4) is 5.69 Å². The maximum Gasteiger partial charge on any atom is 0.253 e. The Labute approximate surface area is 148 Å². The van der Waals surface area contributed by atoms with Crippen LogP contribution in [0.4, 0.5) is 4.39 Å². The van der Waals surface area contributed by atoms with Crippen LogP contribution < -0.4 is 5.32 Å². The summed E-state index contributed by atoms with van der Waals surface area (Å²) in [5.74, 6) is -0.565. The molecule has 0 spiro atoms. The van der Waals surface area contributed by atoms with Crippen molar-refractivity contribution in [3.63, 3.8) is 0 Å². The van der Waals surface area contributed by atoms with Gasteiger partial charge < -0.3 is 5.32 Å². The number of aryl methyl sites for hydroxylation is 1. The number of hydrogen-bond acceptors (Lipinski definition) is 4. The van der Waals surface area contributed by atoms with E-state index in [0.29, 0.717) is 28.7 Å². The second-order valence-corrected chi connectivity index (χ2v) is 5.86. The minimum absolute atomic E-state index is 0.245. The van der Waals surface area contributed by atoms with Crippen molar-refractivity contribution in [1.82, 2.24) is 29.9 Å². The van der Waals surface area contributed by atoms with Crippen molar-refractivity contribution in [2.75, 3.05) is 0 Å². The maximum atomic E-state index is 13.1. The molecule has 0 fully saturated rings. The van der Waals surface area contributed by atoms with E-state index in [1.165, 1.54) is 18.3 Å². The highest BCUT2D eigenvalue weighted by molar-refractivity contribution is 6.05. The molecule has 0 saturated carbocycles. The second kappa shape index (κ2) is 6.40. The average Bonchev–Trinajstić information content (AvgIpc) is 3.26. The van der Waals surface area contributed by atoms with Gasteiger partial charge in [0.25, 0.3) is 5.91 Å². The SMILES string of the molecule is Cn1cc(CNC(=O)c2cncc3c2cnn3-c2ccc(F)cc2)cn1. The van der Waals surface area contributed by atoms with Crippen LogP contribution in [0, 0.1) is 5.82 Å². The zero-order valence-corrected chi connectivity index (χ0v) is 13.9. The Balaban J connectivity index is 1.63. The lowest BCUT2D eigenvalue weighted by atomic mass is 10.2. The molecule has 130 valence electrons. The number of benzene rings is 1. The van der Waals surface area contributed by atoms with E-state index in [1.54, 1.807) is 40.1 Å². The summed E-state index contributed by atoms with van der Waals surface area (Å²) in [6.45, 7) is 0.370. The topological polar surface area (TPSA) is 77.6 Å². The van der Waals surface area contributed by atoms with Gasteiger partial charge >= 0.3 is 0 Å². The van der Waals surface area contributed by atoms with Crippen LogP contribution in [0.15, 0.2) is 55.2 Å². The number of aromatic nitrogens is 5. The molecule has 0 bridgehead atoms. The third-order valence-electron chi connectivity index (χ3n) is 4.02. The number of carbonyl (C=O) groups is 1. The number of nitrogens with zero attached hydrogens (tertiary/aromatic N) is 5. The highest BCUT2D eigenvalue weighted by atomic mass is 19.1. The molecule has 0 atom stereocenters. The molecule has 4 aromatic rings. The first-order chi connectivity index (χ1) is 12.6. The molecule has 0 aliphatic rings. The summed E-state index contributed by atoms with van der Waals surface area (Å²) in [6.07, 6.45) is 8.29. The smallest absolute Gasteiger partial charge is 0.253 e. The Hall–Kier alpha value is -3.55. The van der Waals surface area contributed by atoms with Gasteiger partial charge in [0.1, 0.15) is 5.82 Å². The van der Waals surface area contributed by atoms with E-state index in [0.717, 1.165) is 5.56 Å². The molecule has 0 radical (unpaired) electrons. The van der Waals surface area contributed by atoms with Crippen molar-refractivity contribution in [2.45, 2.75) is 6.54 Å². The van der Waals surface area contributed by atoms with Gasteiger partial charge in [0.15, 0.2) is 0 Å². The van der Waals surface area contributed by atoms with Gasteiger partial charge in [-0.15, -0.1) is 0 Å². The average molecular weight is 350 g/mol.